The van der Waals surface area contributed by atoms with Crippen LogP contribution in [0.15, 0.2) is 39.2 Å². The fraction of sp³-hybridized carbons (Fsp3) is 0.480. The Morgan fingerprint density at radius 1 is 1.14 bits per heavy atom. The summed E-state index contributed by atoms with van der Waals surface area (Å²) >= 11 is 0. The summed E-state index contributed by atoms with van der Waals surface area (Å²) in [4.78, 5) is 20.9. The molecule has 200 valence electrons. The van der Waals surface area contributed by atoms with Gasteiger partial charge in [-0.2, -0.15) is 0 Å². The molecule has 12 heteroatoms. The number of hydrogen-bond acceptors (Lipinski definition) is 9. The number of anilines is 1. The maximum atomic E-state index is 14.5. The van der Waals surface area contributed by atoms with Gasteiger partial charge in [0, 0.05) is 43.4 Å². The molecule has 2 atom stereocenters. The van der Waals surface area contributed by atoms with Crippen molar-refractivity contribution in [1.82, 2.24) is 4.57 Å². The van der Waals surface area contributed by atoms with Crippen molar-refractivity contribution in [2.24, 2.45) is 9.98 Å². The van der Waals surface area contributed by atoms with Crippen LogP contribution < -0.4 is 20.3 Å². The minimum Gasteiger partial charge on any atom is -0.494 e. The summed E-state index contributed by atoms with van der Waals surface area (Å²) in [5.74, 6) is -1.72. The summed E-state index contributed by atoms with van der Waals surface area (Å²) in [6.07, 6.45) is 5.36. The van der Waals surface area contributed by atoms with Gasteiger partial charge in [-0.15, -0.1) is 0 Å². The van der Waals surface area contributed by atoms with E-state index < -0.39 is 17.7 Å². The lowest BCUT2D eigenvalue weighted by Crippen LogP contribution is -2.28. The molecule has 10 nitrogen and oxygen atoms in total. The number of nitrogens with one attached hydrogen (secondary N) is 1. The fourth-order valence-electron chi connectivity index (χ4n) is 3.86. The van der Waals surface area contributed by atoms with Crippen LogP contribution in [-0.2, 0) is 27.4 Å². The highest BCUT2D eigenvalue weighted by Gasteiger charge is 2.22. The largest absolute Gasteiger partial charge is 0.494 e. The zero-order valence-electron chi connectivity index (χ0n) is 20.7. The predicted octanol–water partition coefficient (Wildman–Crippen LogP) is 3.12. The van der Waals surface area contributed by atoms with Gasteiger partial charge in [0.05, 0.1) is 39.5 Å². The van der Waals surface area contributed by atoms with Crippen LogP contribution in [0.4, 0.5) is 14.5 Å². The smallest absolute Gasteiger partial charge is 0.252 e. The van der Waals surface area contributed by atoms with Gasteiger partial charge < -0.3 is 33.6 Å². The van der Waals surface area contributed by atoms with Crippen LogP contribution in [0.3, 0.4) is 0 Å². The van der Waals surface area contributed by atoms with E-state index in [0.29, 0.717) is 25.4 Å². The summed E-state index contributed by atoms with van der Waals surface area (Å²) in [6.45, 7) is 1.31. The van der Waals surface area contributed by atoms with Crippen molar-refractivity contribution in [3.63, 3.8) is 0 Å². The normalized spacial score (nSPS) is 19.4. The van der Waals surface area contributed by atoms with Gasteiger partial charge in [0.15, 0.2) is 29.4 Å². The number of guanidine groups is 1. The molecule has 1 saturated heterocycles. The van der Waals surface area contributed by atoms with E-state index in [1.54, 1.807) is 16.8 Å². The minimum atomic E-state index is -0.858. The van der Waals surface area contributed by atoms with Crippen LogP contribution in [0.5, 0.6) is 11.5 Å². The van der Waals surface area contributed by atoms with Crippen molar-refractivity contribution >= 4 is 17.9 Å². The Hall–Kier alpha value is -3.35. The first-order valence-electron chi connectivity index (χ1n) is 12.0. The number of aromatic nitrogens is 1. The standard InChI is InChI=1S/C25H30F2N4O6/c1-33-19-12-20(34-2)24(27)18(23(19)26)15-37-17-13-28-25(29-14-17)30-16-6-7-31(21(32)11-16)8-10-36-22-5-3-4-9-35-22/h6-7,11-13,17,22H,3-5,8-10,14-15H2,1-2H3,(H,29,30). The van der Waals surface area contributed by atoms with E-state index in [1.807, 2.05) is 0 Å². The first kappa shape index (κ1) is 26.7. The zero-order valence-corrected chi connectivity index (χ0v) is 20.7. The molecule has 1 aromatic heterocycles. The number of rotatable bonds is 10. The Kier molecular flexibility index (Phi) is 9.20. The van der Waals surface area contributed by atoms with E-state index >= 15 is 0 Å². The second-order valence-electron chi connectivity index (χ2n) is 8.42. The van der Waals surface area contributed by atoms with Crippen LogP contribution in [0.2, 0.25) is 0 Å². The lowest BCUT2D eigenvalue weighted by atomic mass is 10.1. The van der Waals surface area contributed by atoms with E-state index in [-0.39, 0.29) is 48.0 Å². The molecule has 0 aliphatic carbocycles. The molecule has 1 fully saturated rings. The second-order valence-corrected chi connectivity index (χ2v) is 8.42. The van der Waals surface area contributed by atoms with Gasteiger partial charge in [-0.3, -0.25) is 4.79 Å². The molecule has 0 spiro atoms. The molecule has 0 amide bonds. The molecule has 0 radical (unpaired) electrons. The van der Waals surface area contributed by atoms with Crippen LogP contribution in [-0.4, -0.2) is 63.1 Å². The molecule has 0 bridgehead atoms. The van der Waals surface area contributed by atoms with Gasteiger partial charge in [-0.25, -0.2) is 18.8 Å². The van der Waals surface area contributed by atoms with E-state index in [1.165, 1.54) is 26.5 Å². The second kappa shape index (κ2) is 12.7. The molecule has 0 saturated carbocycles. The van der Waals surface area contributed by atoms with E-state index in [0.717, 1.165) is 25.3 Å². The SMILES string of the molecule is COc1cc(OC)c(F)c(COC2C=NC(Nc3ccn(CCOC4CCCCO4)c(=O)c3)=NC2)c1F. The first-order valence-corrected chi connectivity index (χ1v) is 12.0. The maximum Gasteiger partial charge on any atom is 0.252 e. The minimum absolute atomic E-state index is 0.147. The van der Waals surface area contributed by atoms with E-state index in [4.69, 9.17) is 23.7 Å². The topological polar surface area (TPSA) is 105 Å². The summed E-state index contributed by atoms with van der Waals surface area (Å²) in [5, 5.41) is 2.98. The lowest BCUT2D eigenvalue weighted by molar-refractivity contribution is -0.163. The number of pyridine rings is 1. The van der Waals surface area contributed by atoms with E-state index in [2.05, 4.69) is 15.3 Å². The third-order valence-electron chi connectivity index (χ3n) is 5.92. The Morgan fingerprint density at radius 2 is 1.92 bits per heavy atom. The average molecular weight is 521 g/mol. The molecule has 1 aromatic carbocycles. The summed E-state index contributed by atoms with van der Waals surface area (Å²) in [7, 11) is 2.56. The molecule has 1 N–H and O–H groups in total. The average Bonchev–Trinajstić information content (AvgIpc) is 2.91. The lowest BCUT2D eigenvalue weighted by Gasteiger charge is -2.22. The van der Waals surface area contributed by atoms with Crippen molar-refractivity contribution in [1.29, 1.82) is 0 Å². The highest BCUT2D eigenvalue weighted by atomic mass is 19.1. The van der Waals surface area contributed by atoms with Gasteiger partial charge in [0.1, 0.15) is 6.10 Å². The molecule has 4 rings (SSSR count). The molecule has 2 aromatic rings. The Morgan fingerprint density at radius 3 is 2.54 bits per heavy atom. The van der Waals surface area contributed by atoms with E-state index in [9.17, 15) is 13.6 Å². The molecule has 2 aliphatic rings. The van der Waals surface area contributed by atoms with Crippen LogP contribution >= 0.6 is 0 Å². The number of nitrogens with zero attached hydrogens (tertiary/aromatic N) is 3. The molecule has 37 heavy (non-hydrogen) atoms. The molecule has 2 aliphatic heterocycles. The highest BCUT2D eigenvalue weighted by Crippen LogP contribution is 2.31. The van der Waals surface area contributed by atoms with Crippen molar-refractivity contribution in [3.05, 3.63) is 51.9 Å². The Labute approximate surface area is 212 Å². The van der Waals surface area contributed by atoms with Crippen LogP contribution in [0.1, 0.15) is 24.8 Å². The van der Waals surface area contributed by atoms with Gasteiger partial charge in [0.25, 0.3) is 5.56 Å². The maximum absolute atomic E-state index is 14.5. The summed E-state index contributed by atoms with van der Waals surface area (Å²) in [5.41, 5.74) is 0.0212. The number of aliphatic imine (C=N–C) groups is 2. The number of benzene rings is 1. The number of ether oxygens (including phenoxy) is 5. The van der Waals surface area contributed by atoms with Gasteiger partial charge in [-0.1, -0.05) is 0 Å². The van der Waals surface area contributed by atoms with Gasteiger partial charge in [0.2, 0.25) is 5.96 Å². The number of hydrogen-bond donors (Lipinski definition) is 1. The van der Waals surface area contributed by atoms with Gasteiger partial charge in [-0.05, 0) is 25.3 Å². The predicted molar refractivity (Wildman–Crippen MR) is 133 cm³/mol. The Balaban J connectivity index is 1.27. The van der Waals surface area contributed by atoms with Crippen molar-refractivity contribution in [3.8, 4) is 11.5 Å². The van der Waals surface area contributed by atoms with Crippen molar-refractivity contribution in [2.75, 3.05) is 39.3 Å². The third kappa shape index (κ3) is 6.90. The molecule has 2 unspecified atom stereocenters. The monoisotopic (exact) mass is 520 g/mol. The van der Waals surface area contributed by atoms with Crippen LogP contribution in [0.25, 0.3) is 0 Å². The summed E-state index contributed by atoms with van der Waals surface area (Å²) < 4.78 is 57.3. The van der Waals surface area contributed by atoms with Crippen LogP contribution in [0, 0.1) is 11.6 Å². The first-order chi connectivity index (χ1) is 18.0. The third-order valence-corrected chi connectivity index (χ3v) is 5.92. The Bertz CT molecular complexity index is 1170. The van der Waals surface area contributed by atoms with Gasteiger partial charge >= 0.3 is 0 Å². The number of methoxy groups -OCH3 is 2. The quantitative estimate of drug-likeness (QED) is 0.513. The van der Waals surface area contributed by atoms with Crippen molar-refractivity contribution < 1.29 is 32.5 Å². The highest BCUT2D eigenvalue weighted by molar-refractivity contribution is 6.00. The summed E-state index contributed by atoms with van der Waals surface area (Å²) in [6, 6.07) is 4.32. The fourth-order valence-corrected chi connectivity index (χ4v) is 3.86. The molecular weight excluding hydrogens is 490 g/mol. The molecular formula is C25H30F2N4O6. The molecule has 3 heterocycles. The zero-order chi connectivity index (χ0) is 26.2. The number of halogens is 2. The van der Waals surface area contributed by atoms with Crippen molar-refractivity contribution in [2.45, 2.75) is 44.8 Å².